The summed E-state index contributed by atoms with van der Waals surface area (Å²) in [6, 6.07) is 12.7. The third-order valence-corrected chi connectivity index (χ3v) is 4.63. The van der Waals surface area contributed by atoms with Crippen LogP contribution in [-0.2, 0) is 4.79 Å². The Morgan fingerprint density at radius 2 is 2.00 bits per heavy atom. The van der Waals surface area contributed by atoms with E-state index in [4.69, 9.17) is 21.1 Å². The van der Waals surface area contributed by atoms with E-state index in [-0.39, 0.29) is 12.5 Å². The van der Waals surface area contributed by atoms with E-state index in [0.717, 1.165) is 22.6 Å². The zero-order chi connectivity index (χ0) is 18.5. The number of ether oxygens (including phenoxy) is 2. The molecule has 3 aromatic rings. The number of anilines is 1. The minimum absolute atomic E-state index is 0.0990. The maximum atomic E-state index is 12.0. The van der Waals surface area contributed by atoms with E-state index in [2.05, 4.69) is 10.3 Å². The van der Waals surface area contributed by atoms with Crippen LogP contribution in [0.2, 0.25) is 5.02 Å². The molecule has 0 aliphatic heterocycles. The highest BCUT2D eigenvalue weighted by Crippen LogP contribution is 2.28. The molecular formula is C19H17ClN2O3S. The van der Waals surface area contributed by atoms with Gasteiger partial charge in [0.1, 0.15) is 11.5 Å². The highest BCUT2D eigenvalue weighted by Gasteiger charge is 2.10. The Kier molecular flexibility index (Phi) is 5.75. The molecule has 0 atom stereocenters. The number of methoxy groups -OCH3 is 1. The first-order valence-corrected chi connectivity index (χ1v) is 9.09. The molecule has 0 radical (unpaired) electrons. The quantitative estimate of drug-likeness (QED) is 0.659. The van der Waals surface area contributed by atoms with Gasteiger partial charge in [-0.15, -0.1) is 11.3 Å². The number of benzene rings is 2. The molecule has 0 saturated carbocycles. The van der Waals surface area contributed by atoms with Crippen molar-refractivity contribution in [3.8, 4) is 22.8 Å². The molecule has 1 amide bonds. The lowest BCUT2D eigenvalue weighted by molar-refractivity contribution is -0.118. The van der Waals surface area contributed by atoms with Crippen LogP contribution in [0.25, 0.3) is 11.3 Å². The van der Waals surface area contributed by atoms with Crippen molar-refractivity contribution in [3.05, 3.63) is 58.4 Å². The molecule has 1 aromatic heterocycles. The highest BCUT2D eigenvalue weighted by atomic mass is 35.5. The fraction of sp³-hybridized carbons (Fsp3) is 0.158. The number of carbonyl (C=O) groups is 1. The van der Waals surface area contributed by atoms with Crippen LogP contribution in [0.1, 0.15) is 5.56 Å². The first-order chi connectivity index (χ1) is 12.5. The number of aryl methyl sites for hydroxylation is 1. The van der Waals surface area contributed by atoms with Crippen LogP contribution >= 0.6 is 22.9 Å². The zero-order valence-corrected chi connectivity index (χ0v) is 15.9. The second-order valence-corrected chi connectivity index (χ2v) is 6.81. The average Bonchev–Trinajstić information content (AvgIpc) is 3.09. The molecule has 0 aliphatic rings. The van der Waals surface area contributed by atoms with Crippen LogP contribution < -0.4 is 14.8 Å². The van der Waals surface area contributed by atoms with Gasteiger partial charge in [-0.1, -0.05) is 11.6 Å². The highest BCUT2D eigenvalue weighted by molar-refractivity contribution is 7.14. The van der Waals surface area contributed by atoms with Crippen LogP contribution in [0.15, 0.2) is 47.8 Å². The Balaban J connectivity index is 1.60. The van der Waals surface area contributed by atoms with Gasteiger partial charge in [0, 0.05) is 16.0 Å². The number of nitrogens with one attached hydrogen (secondary N) is 1. The lowest BCUT2D eigenvalue weighted by atomic mass is 10.1. The number of aromatic nitrogens is 1. The van der Waals surface area contributed by atoms with Crippen molar-refractivity contribution in [2.24, 2.45) is 0 Å². The lowest BCUT2D eigenvalue weighted by Crippen LogP contribution is -2.20. The molecule has 134 valence electrons. The smallest absolute Gasteiger partial charge is 0.264 e. The molecule has 5 nitrogen and oxygen atoms in total. The van der Waals surface area contributed by atoms with Crippen molar-refractivity contribution in [2.75, 3.05) is 19.0 Å². The number of hydrogen-bond acceptors (Lipinski definition) is 5. The summed E-state index contributed by atoms with van der Waals surface area (Å²) in [5.41, 5.74) is 2.80. The van der Waals surface area contributed by atoms with Crippen LogP contribution in [0.4, 0.5) is 5.13 Å². The predicted molar refractivity (Wildman–Crippen MR) is 104 cm³/mol. The maximum absolute atomic E-state index is 12.0. The Morgan fingerprint density at radius 3 is 2.69 bits per heavy atom. The number of thiazole rings is 1. The zero-order valence-electron chi connectivity index (χ0n) is 14.3. The van der Waals surface area contributed by atoms with Crippen LogP contribution in [0.5, 0.6) is 11.5 Å². The summed E-state index contributed by atoms with van der Waals surface area (Å²) >= 11 is 7.18. The van der Waals surface area contributed by atoms with Gasteiger partial charge in [0.15, 0.2) is 11.7 Å². The van der Waals surface area contributed by atoms with E-state index in [0.29, 0.717) is 15.9 Å². The van der Waals surface area contributed by atoms with Gasteiger partial charge in [0.25, 0.3) is 5.91 Å². The van der Waals surface area contributed by atoms with E-state index in [9.17, 15) is 4.79 Å². The molecule has 0 saturated heterocycles. The van der Waals surface area contributed by atoms with Gasteiger partial charge >= 0.3 is 0 Å². The van der Waals surface area contributed by atoms with Gasteiger partial charge in [-0.05, 0) is 55.0 Å². The molecule has 1 heterocycles. The van der Waals surface area contributed by atoms with Crippen LogP contribution in [-0.4, -0.2) is 24.6 Å². The largest absolute Gasteiger partial charge is 0.496 e. The Morgan fingerprint density at radius 1 is 1.23 bits per heavy atom. The van der Waals surface area contributed by atoms with Gasteiger partial charge in [0.2, 0.25) is 0 Å². The lowest BCUT2D eigenvalue weighted by Gasteiger charge is -2.06. The molecule has 0 aliphatic carbocycles. The minimum atomic E-state index is -0.272. The van der Waals surface area contributed by atoms with Crippen molar-refractivity contribution in [2.45, 2.75) is 6.92 Å². The maximum Gasteiger partial charge on any atom is 0.264 e. The molecule has 1 N–H and O–H groups in total. The molecule has 0 spiro atoms. The first-order valence-electron chi connectivity index (χ1n) is 7.84. The van der Waals surface area contributed by atoms with Crippen molar-refractivity contribution in [1.29, 1.82) is 0 Å². The second kappa shape index (κ2) is 8.21. The Labute approximate surface area is 160 Å². The molecule has 0 unspecified atom stereocenters. The van der Waals surface area contributed by atoms with E-state index in [1.165, 1.54) is 11.3 Å². The summed E-state index contributed by atoms with van der Waals surface area (Å²) in [7, 11) is 1.64. The summed E-state index contributed by atoms with van der Waals surface area (Å²) < 4.78 is 10.7. The number of amides is 1. The first kappa shape index (κ1) is 18.2. The molecular weight excluding hydrogens is 372 g/mol. The predicted octanol–water partition coefficient (Wildman–Crippen LogP) is 4.80. The SMILES string of the molecule is COc1ccc(-c2csc(NC(=O)COc3ccc(Cl)cc3)n2)cc1C. The monoisotopic (exact) mass is 388 g/mol. The standard InChI is InChI=1S/C19H17ClN2O3S/c1-12-9-13(3-8-17(12)24-2)16-11-26-19(21-16)22-18(23)10-25-15-6-4-14(20)5-7-15/h3-9,11H,10H2,1-2H3,(H,21,22,23). The molecule has 0 fully saturated rings. The van der Waals surface area contributed by atoms with Gasteiger partial charge < -0.3 is 9.47 Å². The van der Waals surface area contributed by atoms with Gasteiger partial charge in [-0.3, -0.25) is 10.1 Å². The van der Waals surface area contributed by atoms with Crippen LogP contribution in [0.3, 0.4) is 0 Å². The summed E-state index contributed by atoms with van der Waals surface area (Å²) in [5.74, 6) is 1.14. The number of halogens is 1. The fourth-order valence-corrected chi connectivity index (χ4v) is 3.20. The van der Waals surface area contributed by atoms with Crippen molar-refractivity contribution < 1.29 is 14.3 Å². The molecule has 0 bridgehead atoms. The normalized spacial score (nSPS) is 10.4. The summed E-state index contributed by atoms with van der Waals surface area (Å²) in [6.45, 7) is 1.88. The van der Waals surface area contributed by atoms with E-state index in [1.807, 2.05) is 30.5 Å². The Bertz CT molecular complexity index is 909. The third-order valence-electron chi connectivity index (χ3n) is 3.62. The van der Waals surface area contributed by atoms with Crippen molar-refractivity contribution in [3.63, 3.8) is 0 Å². The van der Waals surface area contributed by atoms with E-state index in [1.54, 1.807) is 31.4 Å². The Hall–Kier alpha value is -2.57. The van der Waals surface area contributed by atoms with Gasteiger partial charge in [0.05, 0.1) is 12.8 Å². The van der Waals surface area contributed by atoms with Crippen molar-refractivity contribution in [1.82, 2.24) is 4.98 Å². The summed E-state index contributed by atoms with van der Waals surface area (Å²) in [5, 5.41) is 5.79. The molecule has 26 heavy (non-hydrogen) atoms. The second-order valence-electron chi connectivity index (χ2n) is 5.51. The average molecular weight is 389 g/mol. The topological polar surface area (TPSA) is 60.5 Å². The third kappa shape index (κ3) is 4.53. The minimum Gasteiger partial charge on any atom is -0.496 e. The number of carbonyl (C=O) groups excluding carboxylic acids is 1. The van der Waals surface area contributed by atoms with E-state index >= 15 is 0 Å². The molecule has 7 heteroatoms. The molecule has 2 aromatic carbocycles. The number of rotatable bonds is 6. The number of hydrogen-bond donors (Lipinski definition) is 1. The fourth-order valence-electron chi connectivity index (χ4n) is 2.34. The van der Waals surface area contributed by atoms with E-state index < -0.39 is 0 Å². The molecule has 3 rings (SSSR count). The van der Waals surface area contributed by atoms with Gasteiger partial charge in [-0.25, -0.2) is 4.98 Å². The summed E-state index contributed by atoms with van der Waals surface area (Å²) in [4.78, 5) is 16.5. The van der Waals surface area contributed by atoms with Crippen molar-refractivity contribution >= 4 is 34.0 Å². The summed E-state index contributed by atoms with van der Waals surface area (Å²) in [6.07, 6.45) is 0. The van der Waals surface area contributed by atoms with Gasteiger partial charge in [-0.2, -0.15) is 0 Å². The number of nitrogens with zero attached hydrogens (tertiary/aromatic N) is 1. The van der Waals surface area contributed by atoms with Crippen LogP contribution in [0, 0.1) is 6.92 Å².